The van der Waals surface area contributed by atoms with E-state index in [-0.39, 0.29) is 18.1 Å². The molecule has 0 aliphatic carbocycles. The molecule has 0 bridgehead atoms. The second-order valence-corrected chi connectivity index (χ2v) is 8.16. The highest BCUT2D eigenvalue weighted by molar-refractivity contribution is 6.31. The molecule has 1 amide bonds. The molecule has 1 saturated heterocycles. The molecule has 162 valence electrons. The molecule has 8 heteroatoms. The standard InChI is InChI=1S/C22H27ClF2N4O/c1-27(2)18-6-4-16(19(23)13-18)14-28-8-3-9-29(11-10-28)15-22(30)26-21-7-5-17(24)12-20(21)25/h4-7,12-13H,3,8-11,14-15H2,1-2H3,(H,26,30). The molecule has 1 aliphatic heterocycles. The number of nitrogens with one attached hydrogen (secondary N) is 1. The topological polar surface area (TPSA) is 38.8 Å². The van der Waals surface area contributed by atoms with Crippen LogP contribution in [0.4, 0.5) is 20.2 Å². The first-order valence-corrected chi connectivity index (χ1v) is 10.3. The van der Waals surface area contributed by atoms with Gasteiger partial charge in [-0.3, -0.25) is 14.6 Å². The summed E-state index contributed by atoms with van der Waals surface area (Å²) in [6, 6.07) is 9.21. The Bertz CT molecular complexity index is 893. The molecule has 0 saturated carbocycles. The van der Waals surface area contributed by atoms with E-state index in [1.54, 1.807) is 0 Å². The van der Waals surface area contributed by atoms with Crippen molar-refractivity contribution >= 4 is 28.9 Å². The van der Waals surface area contributed by atoms with Gasteiger partial charge in [0.05, 0.1) is 12.2 Å². The summed E-state index contributed by atoms with van der Waals surface area (Å²) in [5.74, 6) is -1.76. The summed E-state index contributed by atoms with van der Waals surface area (Å²) >= 11 is 6.46. The van der Waals surface area contributed by atoms with Gasteiger partial charge in [0.2, 0.25) is 5.91 Å². The van der Waals surface area contributed by atoms with E-state index in [0.717, 1.165) is 67.6 Å². The van der Waals surface area contributed by atoms with Crippen LogP contribution in [0.15, 0.2) is 36.4 Å². The lowest BCUT2D eigenvalue weighted by Gasteiger charge is -2.22. The van der Waals surface area contributed by atoms with Gasteiger partial charge >= 0.3 is 0 Å². The zero-order valence-corrected chi connectivity index (χ0v) is 18.1. The van der Waals surface area contributed by atoms with E-state index in [4.69, 9.17) is 11.6 Å². The molecule has 0 aromatic heterocycles. The Balaban J connectivity index is 1.51. The third kappa shape index (κ3) is 6.14. The first-order chi connectivity index (χ1) is 14.3. The van der Waals surface area contributed by atoms with Crippen molar-refractivity contribution in [1.82, 2.24) is 9.80 Å². The van der Waals surface area contributed by atoms with Crippen LogP contribution in [-0.4, -0.2) is 62.5 Å². The van der Waals surface area contributed by atoms with Crippen molar-refractivity contribution in [2.24, 2.45) is 0 Å². The van der Waals surface area contributed by atoms with Crippen molar-refractivity contribution in [3.63, 3.8) is 0 Å². The summed E-state index contributed by atoms with van der Waals surface area (Å²) in [6.45, 7) is 4.16. The first-order valence-electron chi connectivity index (χ1n) is 9.97. The maximum absolute atomic E-state index is 13.7. The molecule has 3 rings (SSSR count). The average Bonchev–Trinajstić information content (AvgIpc) is 2.90. The van der Waals surface area contributed by atoms with Crippen molar-refractivity contribution < 1.29 is 13.6 Å². The number of carbonyl (C=O) groups excluding carboxylic acids is 1. The van der Waals surface area contributed by atoms with E-state index in [1.165, 1.54) is 6.07 Å². The minimum atomic E-state index is -0.775. The lowest BCUT2D eigenvalue weighted by Crippen LogP contribution is -2.36. The van der Waals surface area contributed by atoms with Crippen LogP contribution in [0, 0.1) is 11.6 Å². The smallest absolute Gasteiger partial charge is 0.238 e. The van der Waals surface area contributed by atoms with Crippen LogP contribution in [0.3, 0.4) is 0 Å². The van der Waals surface area contributed by atoms with Crippen molar-refractivity contribution in [2.45, 2.75) is 13.0 Å². The predicted octanol–water partition coefficient (Wildman–Crippen LogP) is 3.83. The number of amides is 1. The lowest BCUT2D eigenvalue weighted by atomic mass is 10.2. The van der Waals surface area contributed by atoms with Gasteiger partial charge in [-0.05, 0) is 49.3 Å². The van der Waals surface area contributed by atoms with E-state index in [0.29, 0.717) is 0 Å². The van der Waals surface area contributed by atoms with Crippen molar-refractivity contribution in [2.75, 3.05) is 57.0 Å². The molecule has 1 N–H and O–H groups in total. The van der Waals surface area contributed by atoms with Gasteiger partial charge in [-0.15, -0.1) is 0 Å². The highest BCUT2D eigenvalue weighted by Gasteiger charge is 2.19. The number of carbonyl (C=O) groups is 1. The highest BCUT2D eigenvalue weighted by Crippen LogP contribution is 2.24. The van der Waals surface area contributed by atoms with Crippen LogP contribution in [0.25, 0.3) is 0 Å². The molecular weight excluding hydrogens is 410 g/mol. The van der Waals surface area contributed by atoms with Crippen LogP contribution >= 0.6 is 11.6 Å². The maximum atomic E-state index is 13.7. The monoisotopic (exact) mass is 436 g/mol. The zero-order chi connectivity index (χ0) is 21.7. The molecular formula is C22H27ClF2N4O. The van der Waals surface area contributed by atoms with E-state index >= 15 is 0 Å². The molecule has 0 radical (unpaired) electrons. The van der Waals surface area contributed by atoms with E-state index in [2.05, 4.69) is 22.3 Å². The Kier molecular flexibility index (Phi) is 7.64. The first kappa shape index (κ1) is 22.5. The molecule has 1 fully saturated rings. The molecule has 0 atom stereocenters. The van der Waals surface area contributed by atoms with Crippen molar-refractivity contribution in [3.05, 3.63) is 58.6 Å². The van der Waals surface area contributed by atoms with E-state index in [1.807, 2.05) is 30.0 Å². The maximum Gasteiger partial charge on any atom is 0.238 e. The second kappa shape index (κ2) is 10.2. The van der Waals surface area contributed by atoms with Gasteiger partial charge in [-0.25, -0.2) is 8.78 Å². The number of hydrogen-bond acceptors (Lipinski definition) is 4. The quantitative estimate of drug-likeness (QED) is 0.747. The highest BCUT2D eigenvalue weighted by atomic mass is 35.5. The number of anilines is 2. The molecule has 0 spiro atoms. The van der Waals surface area contributed by atoms with Gasteiger partial charge in [0.15, 0.2) is 0 Å². The predicted molar refractivity (Wildman–Crippen MR) is 117 cm³/mol. The summed E-state index contributed by atoms with van der Waals surface area (Å²) in [6.07, 6.45) is 0.922. The molecule has 1 heterocycles. The van der Waals surface area contributed by atoms with Gasteiger partial charge in [0.25, 0.3) is 0 Å². The largest absolute Gasteiger partial charge is 0.378 e. The fraction of sp³-hybridized carbons (Fsp3) is 0.409. The third-order valence-corrected chi connectivity index (χ3v) is 5.55. The summed E-state index contributed by atoms with van der Waals surface area (Å²) in [4.78, 5) is 18.7. The fourth-order valence-corrected chi connectivity index (χ4v) is 3.74. The molecule has 5 nitrogen and oxygen atoms in total. The zero-order valence-electron chi connectivity index (χ0n) is 17.3. The van der Waals surface area contributed by atoms with Gasteiger partial charge in [0, 0.05) is 50.5 Å². The Labute approximate surface area is 181 Å². The third-order valence-electron chi connectivity index (χ3n) is 5.20. The number of hydrogen-bond donors (Lipinski definition) is 1. The molecule has 2 aromatic carbocycles. The minimum absolute atomic E-state index is 0.00587. The molecule has 1 aliphatic rings. The average molecular weight is 437 g/mol. The van der Waals surface area contributed by atoms with Crippen LogP contribution in [-0.2, 0) is 11.3 Å². The Morgan fingerprint density at radius 2 is 1.80 bits per heavy atom. The SMILES string of the molecule is CN(C)c1ccc(CN2CCCN(CC(=O)Nc3ccc(F)cc3F)CC2)c(Cl)c1. The minimum Gasteiger partial charge on any atom is -0.378 e. The second-order valence-electron chi connectivity index (χ2n) is 7.75. The van der Waals surface area contributed by atoms with Crippen LogP contribution < -0.4 is 10.2 Å². The van der Waals surface area contributed by atoms with Crippen LogP contribution in [0.1, 0.15) is 12.0 Å². The number of rotatable bonds is 6. The number of nitrogens with zero attached hydrogens (tertiary/aromatic N) is 3. The van der Waals surface area contributed by atoms with Gasteiger partial charge in [-0.1, -0.05) is 17.7 Å². The van der Waals surface area contributed by atoms with Gasteiger partial charge < -0.3 is 10.2 Å². The summed E-state index contributed by atoms with van der Waals surface area (Å²) in [5, 5.41) is 3.27. The van der Waals surface area contributed by atoms with E-state index < -0.39 is 11.6 Å². The molecule has 0 unspecified atom stereocenters. The summed E-state index contributed by atoms with van der Waals surface area (Å²) in [5.41, 5.74) is 2.14. The summed E-state index contributed by atoms with van der Waals surface area (Å²) in [7, 11) is 3.96. The van der Waals surface area contributed by atoms with Crippen molar-refractivity contribution in [1.29, 1.82) is 0 Å². The van der Waals surface area contributed by atoms with E-state index in [9.17, 15) is 13.6 Å². The van der Waals surface area contributed by atoms with Gasteiger partial charge in [-0.2, -0.15) is 0 Å². The van der Waals surface area contributed by atoms with Crippen molar-refractivity contribution in [3.8, 4) is 0 Å². The van der Waals surface area contributed by atoms with Crippen LogP contribution in [0.5, 0.6) is 0 Å². The lowest BCUT2D eigenvalue weighted by molar-refractivity contribution is -0.117. The number of benzene rings is 2. The van der Waals surface area contributed by atoms with Gasteiger partial charge in [0.1, 0.15) is 11.6 Å². The Hall–Kier alpha value is -2.22. The molecule has 30 heavy (non-hydrogen) atoms. The fourth-order valence-electron chi connectivity index (χ4n) is 3.51. The number of halogens is 3. The normalized spacial score (nSPS) is 15.6. The Morgan fingerprint density at radius 3 is 2.50 bits per heavy atom. The Morgan fingerprint density at radius 1 is 1.07 bits per heavy atom. The summed E-state index contributed by atoms with van der Waals surface area (Å²) < 4.78 is 26.7. The van der Waals surface area contributed by atoms with Crippen LogP contribution in [0.2, 0.25) is 5.02 Å². The molecule has 2 aromatic rings.